The number of unbranched alkanes of at least 4 members (excludes halogenated alkanes) is 1. The molecule has 114 valence electrons. The molecule has 0 bridgehead atoms. The molecule has 1 aromatic carbocycles. The molecule has 1 amide bonds. The lowest BCUT2D eigenvalue weighted by Gasteiger charge is -2.04. The molecule has 2 rings (SSSR count). The summed E-state index contributed by atoms with van der Waals surface area (Å²) < 4.78 is 5.58. The number of nitrogens with one attached hydrogen (secondary N) is 1. The van der Waals surface area contributed by atoms with Crippen LogP contribution in [0.1, 0.15) is 35.7 Å². The van der Waals surface area contributed by atoms with Gasteiger partial charge < -0.3 is 4.74 Å². The zero-order valence-electron chi connectivity index (χ0n) is 12.5. The lowest BCUT2D eigenvalue weighted by atomic mass is 10.2. The van der Waals surface area contributed by atoms with Gasteiger partial charge in [0.1, 0.15) is 5.75 Å². The Morgan fingerprint density at radius 3 is 2.82 bits per heavy atom. The molecule has 0 saturated heterocycles. The quantitative estimate of drug-likeness (QED) is 0.485. The predicted molar refractivity (Wildman–Crippen MR) is 86.1 cm³/mol. The number of hydrogen-bond donors (Lipinski definition) is 1. The van der Waals surface area contributed by atoms with Gasteiger partial charge >= 0.3 is 0 Å². The summed E-state index contributed by atoms with van der Waals surface area (Å²) in [6, 6.07) is 10.9. The molecule has 1 N–H and O–H groups in total. The molecule has 5 nitrogen and oxygen atoms in total. The van der Waals surface area contributed by atoms with Gasteiger partial charge in [0.25, 0.3) is 5.91 Å². The average Bonchev–Trinajstić information content (AvgIpc) is 2.57. The van der Waals surface area contributed by atoms with Crippen molar-refractivity contribution in [2.45, 2.75) is 19.8 Å². The van der Waals surface area contributed by atoms with Crippen molar-refractivity contribution in [2.75, 3.05) is 6.61 Å². The number of nitrogens with zero attached hydrogens (tertiary/aromatic N) is 2. The highest BCUT2D eigenvalue weighted by molar-refractivity contribution is 5.94. The summed E-state index contributed by atoms with van der Waals surface area (Å²) in [5.74, 6) is 0.550. The standard InChI is InChI=1S/C17H19N3O2/c1-2-3-11-22-16-8-6-14(7-9-16)12-19-20-17(21)15-5-4-10-18-13-15/h4-10,12-13H,2-3,11H2,1H3,(H,20,21). The Balaban J connectivity index is 1.84. The van der Waals surface area contributed by atoms with Gasteiger partial charge in [-0.25, -0.2) is 5.43 Å². The minimum absolute atomic E-state index is 0.288. The molecular formula is C17H19N3O2. The van der Waals surface area contributed by atoms with Gasteiger partial charge in [0.05, 0.1) is 18.4 Å². The Labute approximate surface area is 130 Å². The predicted octanol–water partition coefficient (Wildman–Crippen LogP) is 3.02. The van der Waals surface area contributed by atoms with Gasteiger partial charge in [0, 0.05) is 12.4 Å². The number of carbonyl (C=O) groups is 1. The molecule has 1 heterocycles. The number of hydrogen-bond acceptors (Lipinski definition) is 4. The lowest BCUT2D eigenvalue weighted by molar-refractivity contribution is 0.0955. The summed E-state index contributed by atoms with van der Waals surface area (Å²) in [6.07, 6.45) is 6.85. The average molecular weight is 297 g/mol. The second-order valence-electron chi connectivity index (χ2n) is 4.71. The van der Waals surface area contributed by atoms with Crippen molar-refractivity contribution in [1.29, 1.82) is 0 Å². The van der Waals surface area contributed by atoms with Crippen LogP contribution in [-0.4, -0.2) is 23.7 Å². The Kier molecular flexibility index (Phi) is 6.11. The molecule has 0 atom stereocenters. The van der Waals surface area contributed by atoms with Crippen LogP contribution in [0, 0.1) is 0 Å². The number of hydrazone groups is 1. The SMILES string of the molecule is CCCCOc1ccc(C=NNC(=O)c2cccnc2)cc1. The van der Waals surface area contributed by atoms with Gasteiger partial charge in [-0.3, -0.25) is 9.78 Å². The molecule has 0 aliphatic rings. The fourth-order valence-corrected chi connectivity index (χ4v) is 1.71. The molecule has 0 aliphatic heterocycles. The van der Waals surface area contributed by atoms with Crippen LogP contribution < -0.4 is 10.2 Å². The molecule has 1 aromatic heterocycles. The fraction of sp³-hybridized carbons (Fsp3) is 0.235. The molecule has 0 aliphatic carbocycles. The molecular weight excluding hydrogens is 278 g/mol. The highest BCUT2D eigenvalue weighted by atomic mass is 16.5. The molecule has 0 unspecified atom stereocenters. The first kappa shape index (κ1) is 15.7. The zero-order chi connectivity index (χ0) is 15.6. The lowest BCUT2D eigenvalue weighted by Crippen LogP contribution is -2.17. The van der Waals surface area contributed by atoms with Crippen molar-refractivity contribution in [3.8, 4) is 5.75 Å². The minimum atomic E-state index is -0.288. The third-order valence-electron chi connectivity index (χ3n) is 2.95. The van der Waals surface area contributed by atoms with Gasteiger partial charge in [-0.05, 0) is 48.4 Å². The zero-order valence-corrected chi connectivity index (χ0v) is 12.5. The first-order valence-electron chi connectivity index (χ1n) is 7.26. The summed E-state index contributed by atoms with van der Waals surface area (Å²) in [4.78, 5) is 15.6. The van der Waals surface area contributed by atoms with Crippen molar-refractivity contribution in [1.82, 2.24) is 10.4 Å². The minimum Gasteiger partial charge on any atom is -0.494 e. The maximum absolute atomic E-state index is 11.8. The summed E-state index contributed by atoms with van der Waals surface area (Å²) in [6.45, 7) is 2.85. The smallest absolute Gasteiger partial charge is 0.272 e. The van der Waals surface area contributed by atoms with Crippen LogP contribution in [0.3, 0.4) is 0 Å². The highest BCUT2D eigenvalue weighted by Gasteiger charge is 2.02. The van der Waals surface area contributed by atoms with E-state index in [0.29, 0.717) is 5.56 Å². The van der Waals surface area contributed by atoms with E-state index in [1.807, 2.05) is 24.3 Å². The van der Waals surface area contributed by atoms with E-state index in [9.17, 15) is 4.79 Å². The molecule has 2 aromatic rings. The van der Waals surface area contributed by atoms with Crippen LogP contribution in [0.2, 0.25) is 0 Å². The number of rotatable bonds is 7. The van der Waals surface area contributed by atoms with Crippen LogP contribution in [0.15, 0.2) is 53.9 Å². The number of carbonyl (C=O) groups excluding carboxylic acids is 1. The second-order valence-corrected chi connectivity index (χ2v) is 4.71. The van der Waals surface area contributed by atoms with Crippen LogP contribution in [0.25, 0.3) is 0 Å². The third kappa shape index (κ3) is 5.01. The monoisotopic (exact) mass is 297 g/mol. The molecule has 0 spiro atoms. The van der Waals surface area contributed by atoms with Gasteiger partial charge in [-0.2, -0.15) is 5.10 Å². The Hall–Kier alpha value is -2.69. The summed E-state index contributed by atoms with van der Waals surface area (Å²) in [5, 5.41) is 3.93. The Morgan fingerprint density at radius 1 is 1.32 bits per heavy atom. The van der Waals surface area contributed by atoms with Crippen LogP contribution in [-0.2, 0) is 0 Å². The Morgan fingerprint density at radius 2 is 2.14 bits per heavy atom. The van der Waals surface area contributed by atoms with E-state index in [1.165, 1.54) is 6.20 Å². The van der Waals surface area contributed by atoms with E-state index in [0.717, 1.165) is 30.8 Å². The normalized spacial score (nSPS) is 10.6. The molecule has 0 radical (unpaired) electrons. The molecule has 0 saturated carbocycles. The number of ether oxygens (including phenoxy) is 1. The van der Waals surface area contributed by atoms with Gasteiger partial charge in [0.2, 0.25) is 0 Å². The van der Waals surface area contributed by atoms with E-state index in [-0.39, 0.29) is 5.91 Å². The molecule has 0 fully saturated rings. The van der Waals surface area contributed by atoms with Crippen LogP contribution in [0.4, 0.5) is 0 Å². The summed E-state index contributed by atoms with van der Waals surface area (Å²) in [7, 11) is 0. The fourth-order valence-electron chi connectivity index (χ4n) is 1.71. The van der Waals surface area contributed by atoms with Crippen LogP contribution in [0.5, 0.6) is 5.75 Å². The topological polar surface area (TPSA) is 63.6 Å². The van der Waals surface area contributed by atoms with Crippen molar-refractivity contribution < 1.29 is 9.53 Å². The highest BCUT2D eigenvalue weighted by Crippen LogP contribution is 2.11. The van der Waals surface area contributed by atoms with Crippen molar-refractivity contribution in [3.63, 3.8) is 0 Å². The largest absolute Gasteiger partial charge is 0.494 e. The number of aromatic nitrogens is 1. The van der Waals surface area contributed by atoms with Gasteiger partial charge in [-0.1, -0.05) is 13.3 Å². The van der Waals surface area contributed by atoms with Crippen molar-refractivity contribution >= 4 is 12.1 Å². The van der Waals surface area contributed by atoms with E-state index in [1.54, 1.807) is 24.5 Å². The van der Waals surface area contributed by atoms with E-state index in [2.05, 4.69) is 22.4 Å². The Bertz CT molecular complexity index is 610. The number of amides is 1. The van der Waals surface area contributed by atoms with E-state index < -0.39 is 0 Å². The maximum atomic E-state index is 11.8. The summed E-state index contributed by atoms with van der Waals surface area (Å²) >= 11 is 0. The van der Waals surface area contributed by atoms with Crippen molar-refractivity contribution in [3.05, 3.63) is 59.9 Å². The first-order chi connectivity index (χ1) is 10.8. The van der Waals surface area contributed by atoms with E-state index >= 15 is 0 Å². The van der Waals surface area contributed by atoms with Crippen molar-refractivity contribution in [2.24, 2.45) is 5.10 Å². The molecule has 22 heavy (non-hydrogen) atoms. The van der Waals surface area contributed by atoms with Gasteiger partial charge in [-0.15, -0.1) is 0 Å². The first-order valence-corrected chi connectivity index (χ1v) is 7.26. The number of pyridine rings is 1. The molecule has 5 heteroatoms. The van der Waals surface area contributed by atoms with Crippen LogP contribution >= 0.6 is 0 Å². The van der Waals surface area contributed by atoms with Gasteiger partial charge in [0.15, 0.2) is 0 Å². The maximum Gasteiger partial charge on any atom is 0.272 e. The van der Waals surface area contributed by atoms with E-state index in [4.69, 9.17) is 4.74 Å². The summed E-state index contributed by atoms with van der Waals surface area (Å²) in [5.41, 5.74) is 3.82. The third-order valence-corrected chi connectivity index (χ3v) is 2.95. The second kappa shape index (κ2) is 8.56. The number of benzene rings is 1.